The van der Waals surface area contributed by atoms with Crippen molar-refractivity contribution < 1.29 is 15.0 Å². The van der Waals surface area contributed by atoms with Gasteiger partial charge in [0.05, 0.1) is 6.61 Å². The number of carboxylic acid groups (broad SMARTS) is 1. The van der Waals surface area contributed by atoms with Crippen LogP contribution in [0.15, 0.2) is 0 Å². The lowest BCUT2D eigenvalue weighted by molar-refractivity contribution is -0.137. The molecule has 0 aliphatic carbocycles. The van der Waals surface area contributed by atoms with Crippen molar-refractivity contribution in [3.8, 4) is 0 Å². The Hall–Kier alpha value is -0.610. The first-order chi connectivity index (χ1) is 6.61. The Bertz CT molecular complexity index is 155. The first-order valence-corrected chi connectivity index (χ1v) is 5.18. The van der Waals surface area contributed by atoms with Gasteiger partial charge in [-0.05, 0) is 26.3 Å². The molecule has 0 radical (unpaired) electrons. The largest absolute Gasteiger partial charge is 0.481 e. The maximum Gasteiger partial charge on any atom is 0.303 e. The zero-order valence-electron chi connectivity index (χ0n) is 9.07. The highest BCUT2D eigenvalue weighted by molar-refractivity contribution is 5.66. The summed E-state index contributed by atoms with van der Waals surface area (Å²) < 4.78 is 0. The van der Waals surface area contributed by atoms with Crippen LogP contribution in [0.2, 0.25) is 0 Å². The maximum atomic E-state index is 10.4. The summed E-state index contributed by atoms with van der Waals surface area (Å²) >= 11 is 0. The molecule has 0 bridgehead atoms. The standard InChI is InChI=1S/C10H21NO3/c1-3-6-11(7-8-12)9(2)4-5-10(13)14/h9,12H,3-8H2,1-2H3,(H,13,14). The zero-order chi connectivity index (χ0) is 11.0. The quantitative estimate of drug-likeness (QED) is 0.616. The lowest BCUT2D eigenvalue weighted by Gasteiger charge is -2.27. The van der Waals surface area contributed by atoms with E-state index in [1.54, 1.807) is 0 Å². The predicted molar refractivity (Wildman–Crippen MR) is 55.3 cm³/mol. The van der Waals surface area contributed by atoms with Crippen molar-refractivity contribution in [1.29, 1.82) is 0 Å². The molecule has 0 aliphatic rings. The fourth-order valence-electron chi connectivity index (χ4n) is 1.48. The van der Waals surface area contributed by atoms with Crippen LogP contribution in [0.25, 0.3) is 0 Å². The number of hydrogen-bond acceptors (Lipinski definition) is 3. The second kappa shape index (κ2) is 7.76. The van der Waals surface area contributed by atoms with Crippen molar-refractivity contribution in [2.45, 2.75) is 39.2 Å². The van der Waals surface area contributed by atoms with Crippen LogP contribution in [0.1, 0.15) is 33.1 Å². The average Bonchev–Trinajstić information content (AvgIpc) is 2.14. The molecular formula is C10H21NO3. The van der Waals surface area contributed by atoms with Gasteiger partial charge in [-0.3, -0.25) is 9.69 Å². The van der Waals surface area contributed by atoms with Crippen LogP contribution in [-0.2, 0) is 4.79 Å². The van der Waals surface area contributed by atoms with Gasteiger partial charge >= 0.3 is 5.97 Å². The topological polar surface area (TPSA) is 60.8 Å². The Balaban J connectivity index is 3.86. The molecule has 0 fully saturated rings. The highest BCUT2D eigenvalue weighted by Gasteiger charge is 2.13. The lowest BCUT2D eigenvalue weighted by Crippen LogP contribution is -2.36. The van der Waals surface area contributed by atoms with E-state index in [4.69, 9.17) is 10.2 Å². The number of hydrogen-bond donors (Lipinski definition) is 2. The van der Waals surface area contributed by atoms with E-state index in [0.717, 1.165) is 13.0 Å². The van der Waals surface area contributed by atoms with Crippen LogP contribution < -0.4 is 0 Å². The molecule has 1 unspecified atom stereocenters. The molecule has 4 nitrogen and oxygen atoms in total. The Morgan fingerprint density at radius 3 is 2.50 bits per heavy atom. The van der Waals surface area contributed by atoms with Gasteiger partial charge in [-0.15, -0.1) is 0 Å². The van der Waals surface area contributed by atoms with Crippen molar-refractivity contribution in [2.24, 2.45) is 0 Å². The Kier molecular flexibility index (Phi) is 7.42. The summed E-state index contributed by atoms with van der Waals surface area (Å²) in [6.45, 7) is 5.77. The van der Waals surface area contributed by atoms with E-state index in [2.05, 4.69) is 11.8 Å². The minimum absolute atomic E-state index is 0.136. The number of carbonyl (C=O) groups is 1. The van der Waals surface area contributed by atoms with E-state index in [1.807, 2.05) is 6.92 Å². The third kappa shape index (κ3) is 5.94. The van der Waals surface area contributed by atoms with Crippen LogP contribution in [-0.4, -0.2) is 46.8 Å². The fraction of sp³-hybridized carbons (Fsp3) is 0.900. The highest BCUT2D eigenvalue weighted by atomic mass is 16.4. The summed E-state index contributed by atoms with van der Waals surface area (Å²) in [5, 5.41) is 17.4. The Morgan fingerprint density at radius 2 is 2.07 bits per heavy atom. The van der Waals surface area contributed by atoms with Crippen LogP contribution >= 0.6 is 0 Å². The first-order valence-electron chi connectivity index (χ1n) is 5.18. The molecule has 0 heterocycles. The van der Waals surface area contributed by atoms with Crippen LogP contribution in [0.3, 0.4) is 0 Å². The number of carboxylic acids is 1. The normalized spacial score (nSPS) is 13.1. The SMILES string of the molecule is CCCN(CCO)C(C)CCC(=O)O. The molecule has 0 aliphatic heterocycles. The molecule has 0 aromatic carbocycles. The summed E-state index contributed by atoms with van der Waals surface area (Å²) in [7, 11) is 0. The predicted octanol–water partition coefficient (Wildman–Crippen LogP) is 0.944. The van der Waals surface area contributed by atoms with Gasteiger partial charge < -0.3 is 10.2 Å². The van der Waals surface area contributed by atoms with Gasteiger partial charge in [0.15, 0.2) is 0 Å². The second-order valence-corrected chi connectivity index (χ2v) is 3.54. The smallest absolute Gasteiger partial charge is 0.303 e. The molecule has 0 aromatic rings. The molecule has 0 aromatic heterocycles. The molecule has 2 N–H and O–H groups in total. The van der Waals surface area contributed by atoms with Crippen molar-refractivity contribution in [3.05, 3.63) is 0 Å². The van der Waals surface area contributed by atoms with Gasteiger partial charge in [0.25, 0.3) is 0 Å². The van der Waals surface area contributed by atoms with Crippen molar-refractivity contribution in [3.63, 3.8) is 0 Å². The second-order valence-electron chi connectivity index (χ2n) is 3.54. The number of aliphatic hydroxyl groups is 1. The number of nitrogens with zero attached hydrogens (tertiary/aromatic N) is 1. The van der Waals surface area contributed by atoms with Crippen molar-refractivity contribution in [2.75, 3.05) is 19.7 Å². The van der Waals surface area contributed by atoms with Gasteiger partial charge in [-0.2, -0.15) is 0 Å². The molecular weight excluding hydrogens is 182 g/mol. The summed E-state index contributed by atoms with van der Waals surface area (Å²) in [6.07, 6.45) is 1.87. The molecule has 84 valence electrons. The molecule has 0 rings (SSSR count). The summed E-state index contributed by atoms with van der Waals surface area (Å²) in [6, 6.07) is 0.234. The number of aliphatic carboxylic acids is 1. The van der Waals surface area contributed by atoms with Gasteiger partial charge in [-0.1, -0.05) is 6.92 Å². The number of rotatable bonds is 8. The monoisotopic (exact) mass is 203 g/mol. The molecule has 0 saturated heterocycles. The molecule has 0 spiro atoms. The number of aliphatic hydroxyl groups excluding tert-OH is 1. The zero-order valence-corrected chi connectivity index (χ0v) is 9.07. The third-order valence-corrected chi connectivity index (χ3v) is 2.30. The van der Waals surface area contributed by atoms with Crippen LogP contribution in [0.5, 0.6) is 0 Å². The molecule has 0 amide bonds. The van der Waals surface area contributed by atoms with Crippen molar-refractivity contribution in [1.82, 2.24) is 4.90 Å². The molecule has 4 heteroatoms. The van der Waals surface area contributed by atoms with Gasteiger partial charge in [-0.25, -0.2) is 0 Å². The van der Waals surface area contributed by atoms with E-state index in [1.165, 1.54) is 0 Å². The summed E-state index contributed by atoms with van der Waals surface area (Å²) in [5.41, 5.74) is 0. The van der Waals surface area contributed by atoms with Crippen LogP contribution in [0.4, 0.5) is 0 Å². The summed E-state index contributed by atoms with van der Waals surface area (Å²) in [5.74, 6) is -0.753. The van der Waals surface area contributed by atoms with Gasteiger partial charge in [0.1, 0.15) is 0 Å². The van der Waals surface area contributed by atoms with Gasteiger partial charge in [0.2, 0.25) is 0 Å². The van der Waals surface area contributed by atoms with Crippen LogP contribution in [0, 0.1) is 0 Å². The lowest BCUT2D eigenvalue weighted by atomic mass is 10.1. The Labute approximate surface area is 85.5 Å². The maximum absolute atomic E-state index is 10.4. The minimum atomic E-state index is -0.753. The Morgan fingerprint density at radius 1 is 1.43 bits per heavy atom. The first kappa shape index (κ1) is 13.4. The third-order valence-electron chi connectivity index (χ3n) is 2.30. The van der Waals surface area contributed by atoms with E-state index in [-0.39, 0.29) is 19.1 Å². The van der Waals surface area contributed by atoms with E-state index in [9.17, 15) is 4.79 Å². The minimum Gasteiger partial charge on any atom is -0.481 e. The fourth-order valence-corrected chi connectivity index (χ4v) is 1.48. The molecule has 14 heavy (non-hydrogen) atoms. The van der Waals surface area contributed by atoms with E-state index < -0.39 is 5.97 Å². The van der Waals surface area contributed by atoms with Crippen molar-refractivity contribution >= 4 is 5.97 Å². The van der Waals surface area contributed by atoms with Gasteiger partial charge in [0, 0.05) is 19.0 Å². The average molecular weight is 203 g/mol. The highest BCUT2D eigenvalue weighted by Crippen LogP contribution is 2.06. The molecule has 0 saturated carbocycles. The molecule has 1 atom stereocenters. The van der Waals surface area contributed by atoms with E-state index >= 15 is 0 Å². The summed E-state index contributed by atoms with van der Waals surface area (Å²) in [4.78, 5) is 12.5. The van der Waals surface area contributed by atoms with E-state index in [0.29, 0.717) is 13.0 Å².